The van der Waals surface area contributed by atoms with Crippen LogP contribution in [0, 0.1) is 10.1 Å². The highest BCUT2D eigenvalue weighted by Crippen LogP contribution is 2.50. The molecule has 2 aliphatic heterocycles. The topological polar surface area (TPSA) is 130 Å². The summed E-state index contributed by atoms with van der Waals surface area (Å²) in [4.78, 5) is 25.1. The summed E-state index contributed by atoms with van der Waals surface area (Å²) in [6.45, 7) is 3.44. The molecule has 4 rings (SSSR count). The molecule has 2 aromatic carbocycles. The summed E-state index contributed by atoms with van der Waals surface area (Å²) < 4.78 is 27.7. The van der Waals surface area contributed by atoms with Crippen LogP contribution < -0.4 is 9.64 Å². The van der Waals surface area contributed by atoms with Gasteiger partial charge in [-0.25, -0.2) is 4.79 Å². The number of methoxy groups -OCH3 is 2. The average molecular weight is 488 g/mol. The quantitative estimate of drug-likeness (QED) is 0.268. The predicted molar refractivity (Wildman–Crippen MR) is 123 cm³/mol. The summed E-state index contributed by atoms with van der Waals surface area (Å²) in [5, 5.41) is 23.3. The number of benzene rings is 2. The Bertz CT molecular complexity index is 1110. The number of para-hydroxylation sites is 1. The number of nitro benzene ring substituents is 1. The van der Waals surface area contributed by atoms with Crippen molar-refractivity contribution in [3.63, 3.8) is 0 Å². The van der Waals surface area contributed by atoms with Gasteiger partial charge in [-0.3, -0.25) is 10.1 Å². The van der Waals surface area contributed by atoms with Crippen molar-refractivity contribution < 1.29 is 38.5 Å². The van der Waals surface area contributed by atoms with E-state index in [2.05, 4.69) is 0 Å². The van der Waals surface area contributed by atoms with Gasteiger partial charge in [0.1, 0.15) is 11.9 Å². The molecule has 188 valence electrons. The second kappa shape index (κ2) is 9.68. The van der Waals surface area contributed by atoms with Gasteiger partial charge in [0, 0.05) is 44.0 Å². The highest BCUT2D eigenvalue weighted by Gasteiger charge is 2.56. The molecule has 11 heteroatoms. The van der Waals surface area contributed by atoms with Crippen LogP contribution >= 0.6 is 0 Å². The molecule has 2 aromatic rings. The summed E-state index contributed by atoms with van der Waals surface area (Å²) in [6, 6.07) is 10.7. The molecular weight excluding hydrogens is 460 g/mol. The molecule has 0 spiro atoms. The first kappa shape index (κ1) is 24.7. The molecule has 4 atom stereocenters. The van der Waals surface area contributed by atoms with Crippen molar-refractivity contribution in [2.75, 3.05) is 25.7 Å². The Hall–Kier alpha value is -3.41. The molecule has 0 saturated carbocycles. The van der Waals surface area contributed by atoms with Crippen LogP contribution in [0.15, 0.2) is 42.5 Å². The minimum absolute atomic E-state index is 0.134. The highest BCUT2D eigenvalue weighted by atomic mass is 16.7. The van der Waals surface area contributed by atoms with Crippen molar-refractivity contribution in [2.45, 2.75) is 50.5 Å². The number of fused-ring (bicyclic) bond motifs is 2. The lowest BCUT2D eigenvalue weighted by molar-refractivity contribution is -0.385. The molecule has 0 amide bonds. The van der Waals surface area contributed by atoms with Crippen LogP contribution in [-0.2, 0) is 25.4 Å². The van der Waals surface area contributed by atoms with E-state index in [9.17, 15) is 20.0 Å². The Kier molecular flexibility index (Phi) is 6.84. The number of rotatable bonds is 7. The number of anilines is 1. The van der Waals surface area contributed by atoms with Gasteiger partial charge in [0.25, 0.3) is 5.69 Å². The number of non-ortho nitro benzene ring substituents is 1. The number of carbonyl (C=O) groups is 1. The van der Waals surface area contributed by atoms with Crippen LogP contribution in [0.1, 0.15) is 31.0 Å². The van der Waals surface area contributed by atoms with E-state index in [0.717, 1.165) is 5.56 Å². The Morgan fingerprint density at radius 1 is 1.29 bits per heavy atom. The van der Waals surface area contributed by atoms with E-state index in [-0.39, 0.29) is 12.3 Å². The van der Waals surface area contributed by atoms with Gasteiger partial charge in [-0.1, -0.05) is 18.2 Å². The van der Waals surface area contributed by atoms with E-state index in [0.29, 0.717) is 23.4 Å². The van der Waals surface area contributed by atoms with Gasteiger partial charge in [-0.2, -0.15) is 0 Å². The third-order valence-electron chi connectivity index (χ3n) is 6.40. The molecular formula is C24H28N2O9. The van der Waals surface area contributed by atoms with Gasteiger partial charge in [-0.15, -0.1) is 0 Å². The third kappa shape index (κ3) is 4.26. The molecule has 2 aliphatic rings. The zero-order valence-electron chi connectivity index (χ0n) is 19.9. The molecule has 2 heterocycles. The van der Waals surface area contributed by atoms with Crippen molar-refractivity contribution >= 4 is 17.5 Å². The minimum Gasteiger partial charge on any atom is -0.479 e. The van der Waals surface area contributed by atoms with E-state index >= 15 is 0 Å². The van der Waals surface area contributed by atoms with Crippen molar-refractivity contribution in [1.82, 2.24) is 0 Å². The van der Waals surface area contributed by atoms with Gasteiger partial charge < -0.3 is 33.7 Å². The summed E-state index contributed by atoms with van der Waals surface area (Å²) in [5.41, 5.74) is 0.370. The van der Waals surface area contributed by atoms with E-state index in [1.165, 1.54) is 32.4 Å². The molecule has 0 unspecified atom stereocenters. The highest BCUT2D eigenvalue weighted by molar-refractivity contribution is 5.66. The van der Waals surface area contributed by atoms with Gasteiger partial charge in [0.2, 0.25) is 0 Å². The Morgan fingerprint density at radius 3 is 2.66 bits per heavy atom. The number of carbonyl (C=O) groups excluding carboxylic acids is 1. The van der Waals surface area contributed by atoms with E-state index < -0.39 is 41.3 Å². The lowest BCUT2D eigenvalue weighted by Gasteiger charge is -2.50. The van der Waals surface area contributed by atoms with Crippen molar-refractivity contribution in [3.05, 3.63) is 63.7 Å². The molecule has 0 saturated heterocycles. The fraction of sp³-hybridized carbons (Fsp3) is 0.458. The number of nitro groups is 1. The number of hydrogen-bond donors (Lipinski definition) is 1. The summed E-state index contributed by atoms with van der Waals surface area (Å²) >= 11 is 0. The molecule has 0 aromatic heterocycles. The summed E-state index contributed by atoms with van der Waals surface area (Å²) in [5.74, 6) is 0.312. The SMILES string of the molecule is CCOC(=O)O[C@H]1Cc2ccccc2N1[C@@H]1c2cc([N+](=O)[O-])ccc2O[C@](C)(C(OC)OC)[C@H]1O. The smallest absolute Gasteiger partial charge is 0.479 e. The van der Waals surface area contributed by atoms with E-state index in [1.807, 2.05) is 24.3 Å². The predicted octanol–water partition coefficient (Wildman–Crippen LogP) is 3.33. The maximum absolute atomic E-state index is 12.3. The van der Waals surface area contributed by atoms with Crippen LogP contribution in [0.25, 0.3) is 0 Å². The molecule has 35 heavy (non-hydrogen) atoms. The standard InChI is InChI=1S/C24H28N2O9/c1-5-33-23(28)34-19-12-14-8-6-7-9-17(14)25(19)20-16-13-15(26(29)30)10-11-18(16)35-24(2,21(20)27)22(31-3)32-4/h6-11,13,19-22,27H,5,12H2,1-4H3/t19-,20+,21-,24-/m0/s1. The van der Waals surface area contributed by atoms with Crippen molar-refractivity contribution in [3.8, 4) is 5.75 Å². The zero-order valence-corrected chi connectivity index (χ0v) is 19.9. The Labute approximate surface area is 202 Å². The fourth-order valence-corrected chi connectivity index (χ4v) is 4.88. The first-order valence-electron chi connectivity index (χ1n) is 11.2. The number of nitrogens with zero attached hydrogens (tertiary/aromatic N) is 2. The second-order valence-electron chi connectivity index (χ2n) is 8.45. The first-order valence-corrected chi connectivity index (χ1v) is 11.2. The average Bonchev–Trinajstić information content (AvgIpc) is 3.18. The maximum Gasteiger partial charge on any atom is 0.510 e. The van der Waals surface area contributed by atoms with Gasteiger partial charge in [0.05, 0.1) is 17.6 Å². The molecule has 0 radical (unpaired) electrons. The largest absolute Gasteiger partial charge is 0.510 e. The van der Waals surface area contributed by atoms with Crippen molar-refractivity contribution in [1.29, 1.82) is 0 Å². The number of aliphatic hydroxyl groups excluding tert-OH is 1. The monoisotopic (exact) mass is 488 g/mol. The van der Waals surface area contributed by atoms with Gasteiger partial charge in [0.15, 0.2) is 18.1 Å². The number of aliphatic hydroxyl groups is 1. The van der Waals surface area contributed by atoms with Crippen LogP contribution in [0.2, 0.25) is 0 Å². The molecule has 11 nitrogen and oxygen atoms in total. The van der Waals surface area contributed by atoms with Gasteiger partial charge in [-0.05, 0) is 31.5 Å². The normalized spacial score (nSPS) is 25.0. The van der Waals surface area contributed by atoms with Gasteiger partial charge >= 0.3 is 6.16 Å². The lowest BCUT2D eigenvalue weighted by Crippen LogP contribution is -2.63. The lowest BCUT2D eigenvalue weighted by atomic mass is 9.83. The maximum atomic E-state index is 12.3. The second-order valence-corrected chi connectivity index (χ2v) is 8.45. The number of hydrogen-bond acceptors (Lipinski definition) is 10. The summed E-state index contributed by atoms with van der Waals surface area (Å²) in [7, 11) is 2.85. The Balaban J connectivity index is 1.89. The van der Waals surface area contributed by atoms with Crippen molar-refractivity contribution in [2.24, 2.45) is 0 Å². The summed E-state index contributed by atoms with van der Waals surface area (Å²) in [6.07, 6.45) is -3.67. The van der Waals surface area contributed by atoms with Crippen LogP contribution in [0.4, 0.5) is 16.2 Å². The van der Waals surface area contributed by atoms with E-state index in [4.69, 9.17) is 23.7 Å². The molecule has 1 N–H and O–H groups in total. The van der Waals surface area contributed by atoms with Crippen LogP contribution in [0.5, 0.6) is 5.75 Å². The van der Waals surface area contributed by atoms with E-state index in [1.54, 1.807) is 18.7 Å². The number of ether oxygens (including phenoxy) is 5. The third-order valence-corrected chi connectivity index (χ3v) is 6.40. The van der Waals surface area contributed by atoms with Crippen LogP contribution in [0.3, 0.4) is 0 Å². The fourth-order valence-electron chi connectivity index (χ4n) is 4.88. The first-order chi connectivity index (χ1) is 16.7. The molecule has 0 bridgehead atoms. The minimum atomic E-state index is -1.41. The Morgan fingerprint density at radius 2 is 2.00 bits per heavy atom. The molecule has 0 aliphatic carbocycles. The van der Waals surface area contributed by atoms with Crippen LogP contribution in [-0.4, -0.2) is 61.2 Å². The zero-order chi connectivity index (χ0) is 25.3. The molecule has 0 fully saturated rings.